The minimum Gasteiger partial charge on any atom is -0.497 e. The normalized spacial score (nSPS) is 19.1. The van der Waals surface area contributed by atoms with Gasteiger partial charge in [-0.15, -0.1) is 24.8 Å². The standard InChI is InChI=1S/C19H24N2O4.C10H12N2O2.2ClH/c1-25-15-9-7-14(8-10-15)12-21-17(19(23)24)18(22)16(20)11-13-5-3-2-4-6-13;11-9(14)10(12)7-4-2-1-3-6(7)5-8(10)13;;/h2-10,16-18,21-22H,11-12,20H2,1H3,(H,23,24);1-4,8,13H,5,12H2,(H2,11,14);2*1H/t16-,17+,18-;8?,10-;;/m00../s1. The molecule has 0 bridgehead atoms. The average molecular weight is 610 g/mol. The summed E-state index contributed by atoms with van der Waals surface area (Å²) in [6.07, 6.45) is -1.35. The molecule has 0 spiro atoms. The second-order valence-corrected chi connectivity index (χ2v) is 9.50. The molecule has 1 unspecified atom stereocenters. The number of fused-ring (bicyclic) bond motifs is 1. The molecule has 0 saturated carbocycles. The first-order valence-corrected chi connectivity index (χ1v) is 12.5. The molecule has 0 aromatic heterocycles. The summed E-state index contributed by atoms with van der Waals surface area (Å²) in [6, 6.07) is 22.1. The molecule has 3 aromatic rings. The third kappa shape index (κ3) is 8.88. The lowest BCUT2D eigenvalue weighted by molar-refractivity contribution is -0.143. The Hall–Kier alpha value is -3.22. The van der Waals surface area contributed by atoms with E-state index in [1.54, 1.807) is 31.4 Å². The predicted octanol–water partition coefficient (Wildman–Crippen LogP) is 1.26. The molecule has 0 heterocycles. The number of carboxylic acid groups (broad SMARTS) is 1. The average Bonchev–Trinajstić information content (AvgIpc) is 3.20. The summed E-state index contributed by atoms with van der Waals surface area (Å²) in [5.74, 6) is -1.09. The van der Waals surface area contributed by atoms with E-state index >= 15 is 0 Å². The van der Waals surface area contributed by atoms with E-state index in [0.717, 1.165) is 22.4 Å². The van der Waals surface area contributed by atoms with E-state index in [1.165, 1.54) is 0 Å². The first-order chi connectivity index (χ1) is 18.6. The van der Waals surface area contributed by atoms with E-state index in [9.17, 15) is 24.9 Å². The monoisotopic (exact) mass is 608 g/mol. The van der Waals surface area contributed by atoms with Crippen LogP contribution in [0.15, 0.2) is 78.9 Å². The number of carbonyl (C=O) groups is 2. The zero-order chi connectivity index (χ0) is 28.6. The van der Waals surface area contributed by atoms with Crippen LogP contribution in [0.2, 0.25) is 0 Å². The SMILES string of the molecule is COc1ccc(CN[C@@H](C(=O)O)[C@@H](O)[C@@H](N)Cc2ccccc2)cc1.Cl.Cl.NC(=O)[C@]1(N)c2ccccc2CC1O. The highest BCUT2D eigenvalue weighted by Crippen LogP contribution is 2.34. The van der Waals surface area contributed by atoms with E-state index in [-0.39, 0.29) is 24.8 Å². The van der Waals surface area contributed by atoms with Crippen LogP contribution in [0.4, 0.5) is 0 Å². The minimum atomic E-state index is -1.42. The van der Waals surface area contributed by atoms with Crippen LogP contribution >= 0.6 is 24.8 Å². The number of rotatable bonds is 10. The maximum atomic E-state index is 11.5. The molecule has 5 atom stereocenters. The number of halogens is 2. The van der Waals surface area contributed by atoms with Crippen molar-refractivity contribution in [3.63, 3.8) is 0 Å². The van der Waals surface area contributed by atoms with Crippen molar-refractivity contribution in [2.75, 3.05) is 7.11 Å². The highest BCUT2D eigenvalue weighted by atomic mass is 35.5. The Kier molecular flexibility index (Phi) is 14.2. The predicted molar refractivity (Wildman–Crippen MR) is 161 cm³/mol. The van der Waals surface area contributed by atoms with Crippen LogP contribution < -0.4 is 27.3 Å². The maximum Gasteiger partial charge on any atom is 0.323 e. The summed E-state index contributed by atoms with van der Waals surface area (Å²) in [6.45, 7) is 0.302. The van der Waals surface area contributed by atoms with Crippen molar-refractivity contribution in [1.29, 1.82) is 0 Å². The summed E-state index contributed by atoms with van der Waals surface area (Å²) in [4.78, 5) is 22.8. The molecule has 10 N–H and O–H groups in total. The Labute approximate surface area is 251 Å². The highest BCUT2D eigenvalue weighted by Gasteiger charge is 2.47. The molecule has 0 aliphatic heterocycles. The summed E-state index contributed by atoms with van der Waals surface area (Å²) >= 11 is 0. The van der Waals surface area contributed by atoms with Gasteiger partial charge in [0.1, 0.15) is 17.3 Å². The van der Waals surface area contributed by atoms with Crippen LogP contribution in [0.25, 0.3) is 0 Å². The van der Waals surface area contributed by atoms with Crippen molar-refractivity contribution in [2.45, 2.75) is 49.2 Å². The number of hydrogen-bond donors (Lipinski definition) is 7. The topological polar surface area (TPSA) is 194 Å². The zero-order valence-corrected chi connectivity index (χ0v) is 24.2. The quantitative estimate of drug-likeness (QED) is 0.177. The van der Waals surface area contributed by atoms with Crippen LogP contribution in [0.5, 0.6) is 5.75 Å². The van der Waals surface area contributed by atoms with Gasteiger partial charge in [-0.25, -0.2) is 0 Å². The fraction of sp³-hybridized carbons (Fsp3) is 0.310. The molecule has 1 aliphatic carbocycles. The van der Waals surface area contributed by atoms with E-state index in [4.69, 9.17) is 21.9 Å². The van der Waals surface area contributed by atoms with Crippen LogP contribution in [-0.2, 0) is 34.5 Å². The second-order valence-electron chi connectivity index (χ2n) is 9.50. The second kappa shape index (κ2) is 16.3. The lowest BCUT2D eigenvalue weighted by Crippen LogP contribution is -2.55. The van der Waals surface area contributed by atoms with Gasteiger partial charge in [-0.1, -0.05) is 66.7 Å². The summed E-state index contributed by atoms with van der Waals surface area (Å²) in [7, 11) is 1.58. The smallest absolute Gasteiger partial charge is 0.323 e. The van der Waals surface area contributed by atoms with Crippen LogP contribution in [0.1, 0.15) is 22.3 Å². The van der Waals surface area contributed by atoms with Crippen molar-refractivity contribution in [2.24, 2.45) is 17.2 Å². The van der Waals surface area contributed by atoms with Crippen LogP contribution in [0.3, 0.4) is 0 Å². The highest BCUT2D eigenvalue weighted by molar-refractivity contribution is 5.88. The lowest BCUT2D eigenvalue weighted by atomic mass is 9.90. The van der Waals surface area contributed by atoms with Gasteiger partial charge in [0.25, 0.3) is 0 Å². The van der Waals surface area contributed by atoms with E-state index < -0.39 is 41.7 Å². The fourth-order valence-corrected chi connectivity index (χ4v) is 4.53. The molecule has 1 aliphatic rings. The van der Waals surface area contributed by atoms with E-state index in [1.807, 2.05) is 54.6 Å². The molecule has 4 rings (SSSR count). The Morgan fingerprint density at radius 2 is 1.59 bits per heavy atom. The summed E-state index contributed by atoms with van der Waals surface area (Å²) < 4.78 is 5.09. The van der Waals surface area contributed by atoms with Gasteiger partial charge >= 0.3 is 5.97 Å². The zero-order valence-electron chi connectivity index (χ0n) is 22.6. The van der Waals surface area contributed by atoms with E-state index in [0.29, 0.717) is 24.9 Å². The van der Waals surface area contributed by atoms with Gasteiger partial charge in [-0.3, -0.25) is 14.9 Å². The maximum absolute atomic E-state index is 11.5. The van der Waals surface area contributed by atoms with Gasteiger partial charge < -0.3 is 37.3 Å². The first-order valence-electron chi connectivity index (χ1n) is 12.5. The number of aliphatic hydroxyl groups is 2. The number of hydrogen-bond acceptors (Lipinski definition) is 8. The van der Waals surface area contributed by atoms with Crippen molar-refractivity contribution >= 4 is 36.7 Å². The molecule has 0 fully saturated rings. The number of benzene rings is 3. The first kappa shape index (κ1) is 35.8. The van der Waals surface area contributed by atoms with Gasteiger partial charge in [0.05, 0.1) is 19.3 Å². The van der Waals surface area contributed by atoms with Crippen LogP contribution in [0, 0.1) is 0 Å². The Bertz CT molecular complexity index is 1250. The summed E-state index contributed by atoms with van der Waals surface area (Å²) in [5.41, 5.74) is 19.0. The molecule has 224 valence electrons. The van der Waals surface area contributed by atoms with Gasteiger partial charge in [0, 0.05) is 19.0 Å². The van der Waals surface area contributed by atoms with Crippen molar-refractivity contribution < 1.29 is 29.6 Å². The minimum absolute atomic E-state index is 0. The van der Waals surface area contributed by atoms with Crippen molar-refractivity contribution in [3.05, 3.63) is 101 Å². The number of ether oxygens (including phenoxy) is 1. The number of methoxy groups -OCH3 is 1. The number of primary amides is 1. The number of aliphatic carboxylic acids is 1. The lowest BCUT2D eigenvalue weighted by Gasteiger charge is -2.25. The molecule has 41 heavy (non-hydrogen) atoms. The number of carbonyl (C=O) groups excluding carboxylic acids is 1. The van der Waals surface area contributed by atoms with Gasteiger partial charge in [-0.05, 0) is 40.8 Å². The third-order valence-corrected chi connectivity index (χ3v) is 6.86. The molecular weight excluding hydrogens is 571 g/mol. The van der Waals surface area contributed by atoms with Crippen molar-refractivity contribution in [1.82, 2.24) is 5.32 Å². The molecule has 10 nitrogen and oxygen atoms in total. The van der Waals surface area contributed by atoms with E-state index in [2.05, 4.69) is 5.32 Å². The number of amides is 1. The number of carboxylic acids is 1. The molecule has 3 aromatic carbocycles. The molecule has 12 heteroatoms. The Morgan fingerprint density at radius 3 is 2.15 bits per heavy atom. The summed E-state index contributed by atoms with van der Waals surface area (Å²) in [5, 5.41) is 32.4. The fourth-order valence-electron chi connectivity index (χ4n) is 4.53. The Morgan fingerprint density at radius 1 is 1.00 bits per heavy atom. The third-order valence-electron chi connectivity index (χ3n) is 6.86. The van der Waals surface area contributed by atoms with Gasteiger partial charge in [0.15, 0.2) is 0 Å². The Balaban J connectivity index is 0.000000447. The van der Waals surface area contributed by atoms with Gasteiger partial charge in [-0.2, -0.15) is 0 Å². The number of aliphatic hydroxyl groups excluding tert-OH is 2. The van der Waals surface area contributed by atoms with Gasteiger partial charge in [0.2, 0.25) is 5.91 Å². The largest absolute Gasteiger partial charge is 0.497 e. The number of nitrogens with two attached hydrogens (primary N) is 3. The molecular formula is C29H38Cl2N4O6. The number of nitrogens with one attached hydrogen (secondary N) is 1. The van der Waals surface area contributed by atoms with Crippen molar-refractivity contribution in [3.8, 4) is 5.75 Å². The molecule has 0 saturated heterocycles. The molecule has 1 amide bonds. The molecule has 0 radical (unpaired) electrons. The van der Waals surface area contributed by atoms with Crippen LogP contribution in [-0.4, -0.2) is 58.6 Å².